The number of rotatable bonds is 2. The third-order valence-electron chi connectivity index (χ3n) is 2.24. The van der Waals surface area contributed by atoms with Crippen LogP contribution >= 0.6 is 22.6 Å². The van der Waals surface area contributed by atoms with E-state index in [1.807, 2.05) is 0 Å². The first kappa shape index (κ1) is 10.3. The van der Waals surface area contributed by atoms with Crippen LogP contribution in [0.5, 0.6) is 0 Å². The van der Waals surface area contributed by atoms with Gasteiger partial charge in [-0.15, -0.1) is 6.58 Å². The van der Waals surface area contributed by atoms with E-state index >= 15 is 0 Å². The Labute approximate surface area is 88.7 Å². The summed E-state index contributed by atoms with van der Waals surface area (Å²) in [5.41, 5.74) is 2.60. The average Bonchev–Trinajstić information content (AvgIpc) is 2.04. The smallest absolute Gasteiger partial charge is 0.0805 e. The lowest BCUT2D eigenvalue weighted by Crippen LogP contribution is -2.34. The summed E-state index contributed by atoms with van der Waals surface area (Å²) in [5.74, 6) is 0. The molecule has 0 aromatic heterocycles. The second kappa shape index (κ2) is 3.50. The Balaban J connectivity index is 2.70. The van der Waals surface area contributed by atoms with Crippen LogP contribution in [-0.4, -0.2) is 22.0 Å². The second-order valence-corrected chi connectivity index (χ2v) is 5.84. The Morgan fingerprint density at radius 1 is 1.75 bits per heavy atom. The first-order valence-electron chi connectivity index (χ1n) is 4.15. The number of nitrogens with zero attached hydrogens (tertiary/aromatic N) is 1. The normalized spacial score (nSPS) is 31.1. The van der Waals surface area contributed by atoms with Gasteiger partial charge in [0.15, 0.2) is 0 Å². The largest absolute Gasteiger partial charge is 0.288 e. The fourth-order valence-electron chi connectivity index (χ4n) is 1.71. The topological polar surface area (TPSA) is 3.24 Å². The van der Waals surface area contributed by atoms with Crippen molar-refractivity contribution < 1.29 is 0 Å². The molecule has 0 aromatic carbocycles. The van der Waals surface area contributed by atoms with Gasteiger partial charge < -0.3 is 0 Å². The first-order chi connectivity index (χ1) is 5.44. The maximum Gasteiger partial charge on any atom is 0.0805 e. The molecule has 0 bridgehead atoms. The molecule has 1 rings (SSSR count). The molecule has 1 heterocycles. The van der Waals surface area contributed by atoms with Gasteiger partial charge >= 0.3 is 0 Å². The number of hydrogen-bond donors (Lipinski definition) is 0. The van der Waals surface area contributed by atoms with E-state index in [1.165, 1.54) is 11.1 Å². The molecule has 0 spiro atoms. The number of alkyl halides is 1. The highest BCUT2D eigenvalue weighted by Crippen LogP contribution is 2.40. The number of halogens is 1. The predicted octanol–water partition coefficient (Wildman–Crippen LogP) is 2.98. The Morgan fingerprint density at radius 2 is 2.33 bits per heavy atom. The summed E-state index contributed by atoms with van der Waals surface area (Å²) >= 11 is 2.53. The Bertz CT molecular complexity index is 222. The van der Waals surface area contributed by atoms with E-state index in [2.05, 4.69) is 54.6 Å². The highest BCUT2D eigenvalue weighted by molar-refractivity contribution is 14.1. The maximum atomic E-state index is 4.03. The number of hydrogen-bond acceptors (Lipinski definition) is 1. The lowest BCUT2D eigenvalue weighted by Gasteiger charge is -2.29. The monoisotopic (exact) mass is 277 g/mol. The molecule has 1 nitrogen and oxygen atoms in total. The quantitative estimate of drug-likeness (QED) is 0.324. The van der Waals surface area contributed by atoms with E-state index in [0.29, 0.717) is 0 Å². The molecule has 1 aliphatic heterocycles. The lowest BCUT2D eigenvalue weighted by molar-refractivity contribution is 0.293. The third-order valence-corrected chi connectivity index (χ3v) is 3.82. The van der Waals surface area contributed by atoms with Crippen LogP contribution < -0.4 is 0 Å². The molecule has 1 atom stereocenters. The lowest BCUT2D eigenvalue weighted by atomic mass is 10.1. The second-order valence-electron chi connectivity index (χ2n) is 3.83. The summed E-state index contributed by atoms with van der Waals surface area (Å²) in [5, 5.41) is 0. The minimum absolute atomic E-state index is 0.251. The van der Waals surface area contributed by atoms with Crippen molar-refractivity contribution in [1.82, 2.24) is 4.90 Å². The molecule has 0 aromatic rings. The predicted molar refractivity (Wildman–Crippen MR) is 62.6 cm³/mol. The SMILES string of the molecule is C=C(C)CC1(I)CC(=C)CN1C. The van der Waals surface area contributed by atoms with Gasteiger partial charge in [-0.05, 0) is 26.8 Å². The third kappa shape index (κ3) is 2.10. The van der Waals surface area contributed by atoms with Crippen molar-refractivity contribution in [2.75, 3.05) is 13.6 Å². The average molecular weight is 277 g/mol. The molecular formula is C10H16IN. The minimum Gasteiger partial charge on any atom is -0.288 e. The first-order valence-corrected chi connectivity index (χ1v) is 5.23. The summed E-state index contributed by atoms with van der Waals surface area (Å²) in [4.78, 5) is 2.37. The summed E-state index contributed by atoms with van der Waals surface area (Å²) in [6.45, 7) is 11.1. The van der Waals surface area contributed by atoms with Gasteiger partial charge in [-0.3, -0.25) is 4.90 Å². The van der Waals surface area contributed by atoms with E-state index in [9.17, 15) is 0 Å². The summed E-state index contributed by atoms with van der Waals surface area (Å²) in [7, 11) is 2.16. The van der Waals surface area contributed by atoms with Gasteiger partial charge in [0.25, 0.3) is 0 Å². The van der Waals surface area contributed by atoms with Crippen LogP contribution in [0.15, 0.2) is 24.3 Å². The number of likely N-dealkylation sites (N-methyl/N-ethyl adjacent to an activating group) is 1. The molecule has 68 valence electrons. The van der Waals surface area contributed by atoms with Crippen molar-refractivity contribution >= 4 is 22.6 Å². The molecule has 0 amide bonds. The van der Waals surface area contributed by atoms with Gasteiger partial charge in [-0.25, -0.2) is 0 Å². The molecule has 0 radical (unpaired) electrons. The molecule has 12 heavy (non-hydrogen) atoms. The zero-order valence-electron chi connectivity index (χ0n) is 7.86. The Kier molecular flexibility index (Phi) is 2.99. The van der Waals surface area contributed by atoms with Gasteiger partial charge in [-0.2, -0.15) is 0 Å². The minimum atomic E-state index is 0.251. The van der Waals surface area contributed by atoms with Crippen LogP contribution in [0.3, 0.4) is 0 Å². The van der Waals surface area contributed by atoms with Crippen LogP contribution in [0.1, 0.15) is 19.8 Å². The van der Waals surface area contributed by atoms with Gasteiger partial charge in [0.05, 0.1) is 3.55 Å². The van der Waals surface area contributed by atoms with Crippen molar-refractivity contribution in [3.63, 3.8) is 0 Å². The summed E-state index contributed by atoms with van der Waals surface area (Å²) in [6, 6.07) is 0. The highest BCUT2D eigenvalue weighted by atomic mass is 127. The maximum absolute atomic E-state index is 4.03. The summed E-state index contributed by atoms with van der Waals surface area (Å²) < 4.78 is 0.251. The summed E-state index contributed by atoms with van der Waals surface area (Å²) in [6.07, 6.45) is 2.18. The zero-order valence-corrected chi connectivity index (χ0v) is 10.0. The van der Waals surface area contributed by atoms with Crippen molar-refractivity contribution in [1.29, 1.82) is 0 Å². The van der Waals surface area contributed by atoms with Crippen molar-refractivity contribution in [3.8, 4) is 0 Å². The van der Waals surface area contributed by atoms with Crippen LogP contribution in [-0.2, 0) is 0 Å². The highest BCUT2D eigenvalue weighted by Gasteiger charge is 2.37. The van der Waals surface area contributed by atoms with Gasteiger partial charge in [0.2, 0.25) is 0 Å². The van der Waals surface area contributed by atoms with Crippen molar-refractivity contribution in [2.24, 2.45) is 0 Å². The van der Waals surface area contributed by atoms with E-state index in [0.717, 1.165) is 19.4 Å². The van der Waals surface area contributed by atoms with Gasteiger partial charge in [0, 0.05) is 6.54 Å². The van der Waals surface area contributed by atoms with E-state index in [-0.39, 0.29) is 3.55 Å². The van der Waals surface area contributed by atoms with Crippen LogP contribution in [0, 0.1) is 0 Å². The molecule has 1 aliphatic rings. The van der Waals surface area contributed by atoms with Crippen LogP contribution in [0.4, 0.5) is 0 Å². The van der Waals surface area contributed by atoms with Crippen molar-refractivity contribution in [2.45, 2.75) is 23.3 Å². The zero-order chi connectivity index (χ0) is 9.35. The Hall–Kier alpha value is 0.170. The van der Waals surface area contributed by atoms with Crippen LogP contribution in [0.2, 0.25) is 0 Å². The molecule has 1 fully saturated rings. The van der Waals surface area contributed by atoms with Crippen molar-refractivity contribution in [3.05, 3.63) is 24.3 Å². The van der Waals surface area contributed by atoms with E-state index in [1.54, 1.807) is 0 Å². The van der Waals surface area contributed by atoms with Gasteiger partial charge in [-0.1, -0.05) is 40.3 Å². The molecule has 1 saturated heterocycles. The molecular weight excluding hydrogens is 261 g/mol. The Morgan fingerprint density at radius 3 is 2.67 bits per heavy atom. The standard InChI is InChI=1S/C10H16IN/c1-8(2)5-10(11)6-9(3)7-12(10)4/h1,3,5-7H2,2,4H3. The van der Waals surface area contributed by atoms with Gasteiger partial charge in [0.1, 0.15) is 0 Å². The number of likely N-dealkylation sites (tertiary alicyclic amines) is 1. The molecule has 0 saturated carbocycles. The molecule has 1 unspecified atom stereocenters. The van der Waals surface area contributed by atoms with Crippen LogP contribution in [0.25, 0.3) is 0 Å². The fourth-order valence-corrected chi connectivity index (χ4v) is 3.07. The molecule has 0 aliphatic carbocycles. The van der Waals surface area contributed by atoms with E-state index in [4.69, 9.17) is 0 Å². The van der Waals surface area contributed by atoms with E-state index < -0.39 is 0 Å². The fraction of sp³-hybridized carbons (Fsp3) is 0.600. The molecule has 2 heteroatoms. The molecule has 0 N–H and O–H groups in total.